The fourth-order valence-corrected chi connectivity index (χ4v) is 1.98. The van der Waals surface area contributed by atoms with E-state index in [1.807, 2.05) is 0 Å². The number of benzene rings is 1. The number of hydrogen-bond acceptors (Lipinski definition) is 3. The van der Waals surface area contributed by atoms with Crippen LogP contribution < -0.4 is 0 Å². The molecule has 0 bridgehead atoms. The Morgan fingerprint density at radius 1 is 1.13 bits per heavy atom. The van der Waals surface area contributed by atoms with Crippen LogP contribution >= 0.6 is 23.2 Å². The number of phenolic OH excluding ortho intramolecular Hbond substituents is 1. The van der Waals surface area contributed by atoms with Crippen LogP contribution in [0.3, 0.4) is 0 Å². The van der Waals surface area contributed by atoms with E-state index < -0.39 is 20.8 Å². The van der Waals surface area contributed by atoms with E-state index >= 15 is 0 Å². The molecule has 9 heteroatoms. The summed E-state index contributed by atoms with van der Waals surface area (Å²) in [6, 6.07) is 2.06. The van der Waals surface area contributed by atoms with Crippen molar-refractivity contribution in [1.82, 2.24) is 0 Å². The van der Waals surface area contributed by atoms with Crippen molar-refractivity contribution in [3.05, 3.63) is 22.2 Å². The first-order chi connectivity index (χ1) is 5.82. The normalized spacial score (nSPS) is 10.1. The summed E-state index contributed by atoms with van der Waals surface area (Å²) < 4.78 is 29.9. The Bertz CT molecular complexity index is 449. The quantitative estimate of drug-likeness (QED) is 0.588. The first-order valence-electron chi connectivity index (χ1n) is 2.98. The van der Waals surface area contributed by atoms with E-state index in [9.17, 15) is 8.42 Å². The predicted octanol–water partition coefficient (Wildman–Crippen LogP) is 0.649. The molecule has 0 aliphatic heterocycles. The van der Waals surface area contributed by atoms with E-state index in [0.717, 1.165) is 12.1 Å². The maximum atomic E-state index is 10.6. The molecule has 0 heterocycles. The van der Waals surface area contributed by atoms with Crippen LogP contribution in [0, 0.1) is 0 Å². The van der Waals surface area contributed by atoms with E-state index in [2.05, 4.69) is 0 Å². The predicted molar refractivity (Wildman–Crippen MR) is 62.2 cm³/mol. The van der Waals surface area contributed by atoms with Crippen LogP contribution in [0.4, 0.5) is 0 Å². The molecule has 1 rings (SSSR count). The van der Waals surface area contributed by atoms with Gasteiger partial charge in [-0.1, -0.05) is 23.2 Å². The average Bonchev–Trinajstić information content (AvgIpc) is 1.94. The first-order valence-corrected chi connectivity index (χ1v) is 5.17. The Labute approximate surface area is 141 Å². The van der Waals surface area contributed by atoms with Gasteiger partial charge in [0.25, 0.3) is 10.1 Å². The summed E-state index contributed by atoms with van der Waals surface area (Å²) in [6.07, 6.45) is 0. The van der Waals surface area contributed by atoms with Gasteiger partial charge >= 0.3 is 59.1 Å². The average molecular weight is 291 g/mol. The third-order valence-electron chi connectivity index (χ3n) is 1.27. The molecule has 0 aromatic heterocycles. The zero-order valence-corrected chi connectivity index (χ0v) is 8.36. The zero-order chi connectivity index (χ0) is 10.2. The number of halogens is 2. The summed E-state index contributed by atoms with van der Waals surface area (Å²) in [6.45, 7) is 0. The molecular formula is C6H6Cl2Na2O4S. The van der Waals surface area contributed by atoms with Crippen molar-refractivity contribution >= 4 is 92.4 Å². The van der Waals surface area contributed by atoms with Crippen LogP contribution in [0.25, 0.3) is 0 Å². The number of hydrogen-bond donors (Lipinski definition) is 2. The van der Waals surface area contributed by atoms with E-state index in [1.165, 1.54) is 0 Å². The van der Waals surface area contributed by atoms with Crippen molar-refractivity contribution in [3.8, 4) is 5.75 Å². The van der Waals surface area contributed by atoms with Crippen molar-refractivity contribution in [2.75, 3.05) is 0 Å². The molecule has 15 heavy (non-hydrogen) atoms. The van der Waals surface area contributed by atoms with E-state index in [0.29, 0.717) is 0 Å². The second-order valence-electron chi connectivity index (χ2n) is 2.21. The number of aromatic hydroxyl groups is 1. The summed E-state index contributed by atoms with van der Waals surface area (Å²) >= 11 is 10.9. The Morgan fingerprint density at radius 3 is 2.00 bits per heavy atom. The number of phenols is 1. The molecule has 4 nitrogen and oxygen atoms in total. The third kappa shape index (κ3) is 5.12. The van der Waals surface area contributed by atoms with Crippen molar-refractivity contribution in [2.45, 2.75) is 4.90 Å². The van der Waals surface area contributed by atoms with Gasteiger partial charge in [-0.25, -0.2) is 0 Å². The van der Waals surface area contributed by atoms with E-state index in [-0.39, 0.29) is 69.2 Å². The topological polar surface area (TPSA) is 74.6 Å². The standard InChI is InChI=1S/C6H4Cl2O4S.2Na.2H/c7-3-1-4(8)6(9)5(2-3)13(10,11)12;;;;/h1-2,9H,(H,10,11,12);;;;. The molecule has 0 amide bonds. The number of rotatable bonds is 1. The molecule has 0 aliphatic rings. The Morgan fingerprint density at radius 2 is 1.60 bits per heavy atom. The van der Waals surface area contributed by atoms with Crippen molar-refractivity contribution in [3.63, 3.8) is 0 Å². The van der Waals surface area contributed by atoms with Gasteiger partial charge in [-0.3, -0.25) is 4.55 Å². The molecule has 0 saturated heterocycles. The van der Waals surface area contributed by atoms with Gasteiger partial charge in [0.05, 0.1) is 5.02 Å². The molecule has 1 aromatic carbocycles. The monoisotopic (exact) mass is 290 g/mol. The summed E-state index contributed by atoms with van der Waals surface area (Å²) in [7, 11) is -4.50. The van der Waals surface area contributed by atoms with Gasteiger partial charge in [-0.05, 0) is 12.1 Å². The van der Waals surface area contributed by atoms with E-state index in [4.69, 9.17) is 32.9 Å². The van der Waals surface area contributed by atoms with Gasteiger partial charge in [0.1, 0.15) is 4.90 Å². The second-order valence-corrected chi connectivity index (χ2v) is 4.44. The van der Waals surface area contributed by atoms with Crippen molar-refractivity contribution in [2.24, 2.45) is 0 Å². The van der Waals surface area contributed by atoms with Crippen molar-refractivity contribution in [1.29, 1.82) is 0 Å². The molecule has 0 spiro atoms. The fraction of sp³-hybridized carbons (Fsp3) is 0. The maximum absolute atomic E-state index is 10.6. The summed E-state index contributed by atoms with van der Waals surface area (Å²) in [5, 5.41) is 8.90. The third-order valence-corrected chi connectivity index (χ3v) is 2.64. The molecule has 2 N–H and O–H groups in total. The molecule has 0 aliphatic carbocycles. The van der Waals surface area contributed by atoms with Crippen LogP contribution in [0.2, 0.25) is 10.0 Å². The van der Waals surface area contributed by atoms with Gasteiger partial charge in [-0.15, -0.1) is 0 Å². The molecule has 1 aromatic rings. The van der Waals surface area contributed by atoms with Crippen LogP contribution in [-0.2, 0) is 10.1 Å². The molecule has 76 valence electrons. The van der Waals surface area contributed by atoms with Crippen LogP contribution in [0.5, 0.6) is 5.75 Å². The van der Waals surface area contributed by atoms with Crippen molar-refractivity contribution < 1.29 is 18.1 Å². The first kappa shape index (κ1) is 18.9. The molecule has 0 atom stereocenters. The molecule has 0 fully saturated rings. The van der Waals surface area contributed by atoms with Gasteiger partial charge in [0.15, 0.2) is 5.75 Å². The molecule has 0 saturated carbocycles. The van der Waals surface area contributed by atoms with Gasteiger partial charge < -0.3 is 5.11 Å². The van der Waals surface area contributed by atoms with Gasteiger partial charge in [-0.2, -0.15) is 8.42 Å². The Balaban J connectivity index is 0. The fourth-order valence-electron chi connectivity index (χ4n) is 0.739. The SMILES string of the molecule is O=S(=O)(O)c1cc(Cl)cc(Cl)c1O.[NaH].[NaH]. The Hall–Kier alpha value is 1.51. The Kier molecular flexibility index (Phi) is 8.88. The van der Waals surface area contributed by atoms with Gasteiger partial charge in [0, 0.05) is 5.02 Å². The summed E-state index contributed by atoms with van der Waals surface area (Å²) in [5.74, 6) is -0.714. The van der Waals surface area contributed by atoms with Crippen LogP contribution in [-0.4, -0.2) is 77.2 Å². The molecule has 0 radical (unpaired) electrons. The second kappa shape index (κ2) is 7.06. The summed E-state index contributed by atoms with van der Waals surface area (Å²) in [5.41, 5.74) is 0. The summed E-state index contributed by atoms with van der Waals surface area (Å²) in [4.78, 5) is -0.704. The van der Waals surface area contributed by atoms with Crippen LogP contribution in [0.15, 0.2) is 17.0 Å². The van der Waals surface area contributed by atoms with Gasteiger partial charge in [0.2, 0.25) is 0 Å². The minimum atomic E-state index is -4.50. The molecule has 0 unspecified atom stereocenters. The minimum absolute atomic E-state index is 0. The van der Waals surface area contributed by atoms with E-state index in [1.54, 1.807) is 0 Å². The zero-order valence-electron chi connectivity index (χ0n) is 6.03. The van der Waals surface area contributed by atoms with Crippen LogP contribution in [0.1, 0.15) is 0 Å². The molecular weight excluding hydrogens is 285 g/mol.